The molecule has 4 rings (SSSR count). The Bertz CT molecular complexity index is 1000. The SMILES string of the molecule is Cc1nc2cc(C(=O)NCC3(C(=O)O)CC3)ccc2n1-c1ccccc1. The second-order valence-corrected chi connectivity index (χ2v) is 6.80. The van der Waals surface area contributed by atoms with Crippen molar-refractivity contribution in [3.63, 3.8) is 0 Å². The van der Waals surface area contributed by atoms with E-state index in [1.807, 2.05) is 47.9 Å². The van der Waals surface area contributed by atoms with E-state index in [-0.39, 0.29) is 12.5 Å². The number of nitrogens with zero attached hydrogens (tertiary/aromatic N) is 2. The van der Waals surface area contributed by atoms with E-state index in [1.54, 1.807) is 12.1 Å². The first kappa shape index (κ1) is 16.3. The quantitative estimate of drug-likeness (QED) is 0.742. The van der Waals surface area contributed by atoms with E-state index < -0.39 is 11.4 Å². The molecule has 1 aliphatic rings. The molecule has 1 heterocycles. The number of nitrogens with one attached hydrogen (secondary N) is 1. The summed E-state index contributed by atoms with van der Waals surface area (Å²) < 4.78 is 2.04. The van der Waals surface area contributed by atoms with Crippen LogP contribution in [0.15, 0.2) is 48.5 Å². The third-order valence-electron chi connectivity index (χ3n) is 4.99. The molecule has 26 heavy (non-hydrogen) atoms. The predicted molar refractivity (Wildman–Crippen MR) is 97.4 cm³/mol. The van der Waals surface area contributed by atoms with E-state index in [0.29, 0.717) is 18.4 Å². The average Bonchev–Trinajstić information content (AvgIpc) is 3.36. The third kappa shape index (κ3) is 2.73. The summed E-state index contributed by atoms with van der Waals surface area (Å²) in [6.07, 6.45) is 1.23. The van der Waals surface area contributed by atoms with Gasteiger partial charge < -0.3 is 10.4 Å². The lowest BCUT2D eigenvalue weighted by Gasteiger charge is -2.11. The molecule has 132 valence electrons. The van der Waals surface area contributed by atoms with Gasteiger partial charge >= 0.3 is 5.97 Å². The number of carboxylic acids is 1. The number of rotatable bonds is 5. The molecule has 3 aromatic rings. The lowest BCUT2D eigenvalue weighted by Crippen LogP contribution is -2.34. The highest BCUT2D eigenvalue weighted by atomic mass is 16.4. The van der Waals surface area contributed by atoms with Gasteiger partial charge in [-0.05, 0) is 50.1 Å². The fraction of sp³-hybridized carbons (Fsp3) is 0.250. The van der Waals surface area contributed by atoms with Crippen molar-refractivity contribution in [1.29, 1.82) is 0 Å². The summed E-state index contributed by atoms with van der Waals surface area (Å²) in [6, 6.07) is 15.3. The molecule has 0 aliphatic heterocycles. The van der Waals surface area contributed by atoms with E-state index >= 15 is 0 Å². The maximum atomic E-state index is 12.4. The van der Waals surface area contributed by atoms with Crippen molar-refractivity contribution >= 4 is 22.9 Å². The summed E-state index contributed by atoms with van der Waals surface area (Å²) in [5.74, 6) is -0.275. The minimum absolute atomic E-state index is 0.163. The molecule has 1 aliphatic carbocycles. The van der Waals surface area contributed by atoms with Gasteiger partial charge in [0.15, 0.2) is 0 Å². The Morgan fingerprint density at radius 2 is 1.92 bits per heavy atom. The first-order chi connectivity index (χ1) is 12.5. The Morgan fingerprint density at radius 1 is 1.19 bits per heavy atom. The van der Waals surface area contributed by atoms with Gasteiger partial charge in [-0.25, -0.2) is 4.98 Å². The number of benzene rings is 2. The molecule has 0 radical (unpaired) electrons. The Balaban J connectivity index is 1.60. The highest BCUT2D eigenvalue weighted by Gasteiger charge is 2.50. The number of imidazole rings is 1. The van der Waals surface area contributed by atoms with Crippen molar-refractivity contribution in [2.45, 2.75) is 19.8 Å². The van der Waals surface area contributed by atoms with Crippen molar-refractivity contribution in [3.8, 4) is 5.69 Å². The number of carbonyl (C=O) groups is 2. The number of fused-ring (bicyclic) bond motifs is 1. The lowest BCUT2D eigenvalue weighted by atomic mass is 10.1. The molecule has 2 N–H and O–H groups in total. The molecule has 0 saturated heterocycles. The van der Waals surface area contributed by atoms with Crippen LogP contribution in [-0.2, 0) is 4.79 Å². The zero-order valence-corrected chi connectivity index (χ0v) is 14.4. The fourth-order valence-corrected chi connectivity index (χ4v) is 3.21. The summed E-state index contributed by atoms with van der Waals surface area (Å²) in [5, 5.41) is 12.0. The zero-order valence-electron chi connectivity index (χ0n) is 14.4. The first-order valence-electron chi connectivity index (χ1n) is 8.56. The molecule has 1 saturated carbocycles. The Labute approximate surface area is 150 Å². The number of hydrogen-bond acceptors (Lipinski definition) is 3. The van der Waals surface area contributed by atoms with Crippen LogP contribution in [-0.4, -0.2) is 33.1 Å². The molecule has 1 amide bonds. The molecule has 0 unspecified atom stereocenters. The predicted octanol–water partition coefficient (Wildman–Crippen LogP) is 2.93. The monoisotopic (exact) mass is 349 g/mol. The molecule has 0 spiro atoms. The van der Waals surface area contributed by atoms with Crippen LogP contribution in [0.1, 0.15) is 29.0 Å². The molecule has 6 heteroatoms. The van der Waals surface area contributed by atoms with Gasteiger partial charge in [-0.15, -0.1) is 0 Å². The number of amides is 1. The average molecular weight is 349 g/mol. The number of carbonyl (C=O) groups excluding carboxylic acids is 1. The molecule has 1 fully saturated rings. The maximum absolute atomic E-state index is 12.4. The van der Waals surface area contributed by atoms with Gasteiger partial charge in [0.1, 0.15) is 5.82 Å². The number of hydrogen-bond donors (Lipinski definition) is 2. The highest BCUT2D eigenvalue weighted by Crippen LogP contribution is 2.45. The van der Waals surface area contributed by atoms with Gasteiger partial charge in [0.05, 0.1) is 16.4 Å². The second kappa shape index (κ2) is 5.98. The summed E-state index contributed by atoms with van der Waals surface area (Å²) in [4.78, 5) is 28.2. The minimum atomic E-state index is -0.842. The maximum Gasteiger partial charge on any atom is 0.311 e. The standard InChI is InChI=1S/C20H19N3O3/c1-13-22-16-11-14(18(24)21-12-20(9-10-20)19(25)26)7-8-17(16)23(13)15-5-3-2-4-6-15/h2-8,11H,9-10,12H2,1H3,(H,21,24)(H,25,26). The van der Waals surface area contributed by atoms with Gasteiger partial charge in [-0.1, -0.05) is 18.2 Å². The minimum Gasteiger partial charge on any atom is -0.481 e. The number of para-hydroxylation sites is 1. The summed E-state index contributed by atoms with van der Waals surface area (Å²) in [6.45, 7) is 2.09. The molecule has 6 nitrogen and oxygen atoms in total. The molecule has 1 aromatic heterocycles. The summed E-state index contributed by atoms with van der Waals surface area (Å²) in [5.41, 5.74) is 2.39. The van der Waals surface area contributed by atoms with Crippen molar-refractivity contribution in [3.05, 3.63) is 59.9 Å². The van der Waals surface area contributed by atoms with E-state index in [4.69, 9.17) is 0 Å². The molecular formula is C20H19N3O3. The van der Waals surface area contributed by atoms with Crippen LogP contribution >= 0.6 is 0 Å². The van der Waals surface area contributed by atoms with E-state index in [2.05, 4.69) is 10.3 Å². The normalized spacial score (nSPS) is 15.0. The molecule has 0 atom stereocenters. The Hall–Kier alpha value is -3.15. The smallest absolute Gasteiger partial charge is 0.311 e. The van der Waals surface area contributed by atoms with Gasteiger partial charge in [0, 0.05) is 17.8 Å². The second-order valence-electron chi connectivity index (χ2n) is 6.80. The van der Waals surface area contributed by atoms with Crippen molar-refractivity contribution < 1.29 is 14.7 Å². The van der Waals surface area contributed by atoms with Gasteiger partial charge in [-0.2, -0.15) is 0 Å². The molecule has 0 bridgehead atoms. The topological polar surface area (TPSA) is 84.2 Å². The Kier molecular flexibility index (Phi) is 3.76. The van der Waals surface area contributed by atoms with E-state index in [1.165, 1.54) is 0 Å². The van der Waals surface area contributed by atoms with Crippen molar-refractivity contribution in [2.75, 3.05) is 6.54 Å². The number of carboxylic acid groups (broad SMARTS) is 1. The van der Waals surface area contributed by atoms with Gasteiger partial charge in [0.25, 0.3) is 5.91 Å². The zero-order chi connectivity index (χ0) is 18.3. The van der Waals surface area contributed by atoms with Crippen LogP contribution < -0.4 is 5.32 Å². The van der Waals surface area contributed by atoms with E-state index in [9.17, 15) is 14.7 Å². The van der Waals surface area contributed by atoms with Crippen LogP contribution in [0.25, 0.3) is 16.7 Å². The van der Waals surface area contributed by atoms with Crippen molar-refractivity contribution in [1.82, 2.24) is 14.9 Å². The van der Waals surface area contributed by atoms with Crippen LogP contribution in [0.5, 0.6) is 0 Å². The molecular weight excluding hydrogens is 330 g/mol. The number of aromatic nitrogens is 2. The van der Waals surface area contributed by atoms with E-state index in [0.717, 1.165) is 22.5 Å². The lowest BCUT2D eigenvalue weighted by molar-refractivity contribution is -0.143. The largest absolute Gasteiger partial charge is 0.481 e. The first-order valence-corrected chi connectivity index (χ1v) is 8.56. The van der Waals surface area contributed by atoms with Crippen molar-refractivity contribution in [2.24, 2.45) is 5.41 Å². The van der Waals surface area contributed by atoms with Gasteiger partial charge in [0.2, 0.25) is 0 Å². The van der Waals surface area contributed by atoms with Crippen LogP contribution in [0, 0.1) is 12.3 Å². The van der Waals surface area contributed by atoms with Crippen LogP contribution in [0.4, 0.5) is 0 Å². The van der Waals surface area contributed by atoms with Crippen LogP contribution in [0.2, 0.25) is 0 Å². The number of aliphatic carboxylic acids is 1. The fourth-order valence-electron chi connectivity index (χ4n) is 3.21. The summed E-state index contributed by atoms with van der Waals surface area (Å²) in [7, 11) is 0. The number of aryl methyl sites for hydroxylation is 1. The highest BCUT2D eigenvalue weighted by molar-refractivity contribution is 5.98. The third-order valence-corrected chi connectivity index (χ3v) is 4.99. The molecule has 2 aromatic carbocycles. The summed E-state index contributed by atoms with van der Waals surface area (Å²) >= 11 is 0. The van der Waals surface area contributed by atoms with Gasteiger partial charge in [-0.3, -0.25) is 14.2 Å². The van der Waals surface area contributed by atoms with Crippen LogP contribution in [0.3, 0.4) is 0 Å². The Morgan fingerprint density at radius 3 is 2.58 bits per heavy atom.